The van der Waals surface area contributed by atoms with E-state index < -0.39 is 0 Å². The molecule has 2 rings (SSSR count). The zero-order valence-electron chi connectivity index (χ0n) is 12.9. The molecular weight excluding hydrogens is 282 g/mol. The lowest BCUT2D eigenvalue weighted by molar-refractivity contribution is 0.337. The van der Waals surface area contributed by atoms with Crippen molar-refractivity contribution < 1.29 is 4.74 Å². The Labute approximate surface area is 130 Å². The van der Waals surface area contributed by atoms with Gasteiger partial charge in [0.25, 0.3) is 0 Å². The summed E-state index contributed by atoms with van der Waals surface area (Å²) in [5.41, 5.74) is 10.9. The van der Waals surface area contributed by atoms with Gasteiger partial charge in [-0.05, 0) is 51.5 Å². The summed E-state index contributed by atoms with van der Waals surface area (Å²) >= 11 is 1.60. The van der Waals surface area contributed by atoms with Gasteiger partial charge >= 0.3 is 0 Å². The van der Waals surface area contributed by atoms with Crippen molar-refractivity contribution in [3.8, 4) is 5.75 Å². The lowest BCUT2D eigenvalue weighted by atomic mass is 10.2. The summed E-state index contributed by atoms with van der Waals surface area (Å²) in [5, 5.41) is 0.792. The van der Waals surface area contributed by atoms with Crippen LogP contribution in [0.5, 0.6) is 5.75 Å². The Hall–Kier alpha value is -1.75. The van der Waals surface area contributed by atoms with Gasteiger partial charge in [-0.3, -0.25) is 0 Å². The molecule has 0 bridgehead atoms. The van der Waals surface area contributed by atoms with Gasteiger partial charge in [-0.15, -0.1) is 0 Å². The molecule has 1 heterocycles. The predicted molar refractivity (Wildman–Crippen MR) is 87.8 cm³/mol. The molecule has 0 amide bonds. The first-order chi connectivity index (χ1) is 10.0. The highest BCUT2D eigenvalue weighted by Crippen LogP contribution is 2.28. The highest BCUT2D eigenvalue weighted by atomic mass is 32.2. The molecule has 0 aliphatic heterocycles. The maximum atomic E-state index is 5.86. The number of anilines is 1. The molecule has 0 atom stereocenters. The average Bonchev–Trinajstić information content (AvgIpc) is 2.45. The molecule has 21 heavy (non-hydrogen) atoms. The third kappa shape index (κ3) is 3.88. The van der Waals surface area contributed by atoms with Crippen LogP contribution < -0.4 is 10.5 Å². The summed E-state index contributed by atoms with van der Waals surface area (Å²) in [4.78, 5) is 9.05. The Balaban J connectivity index is 2.18. The van der Waals surface area contributed by atoms with Crippen LogP contribution in [0.3, 0.4) is 0 Å². The number of nitrogen functional groups attached to an aromatic ring is 1. The Morgan fingerprint density at radius 2 is 1.81 bits per heavy atom. The van der Waals surface area contributed by atoms with Crippen molar-refractivity contribution in [3.05, 3.63) is 40.7 Å². The van der Waals surface area contributed by atoms with E-state index in [1.165, 1.54) is 0 Å². The Morgan fingerprint density at radius 3 is 2.43 bits per heavy atom. The molecule has 0 aliphatic carbocycles. The van der Waals surface area contributed by atoms with Crippen molar-refractivity contribution in [2.45, 2.75) is 38.6 Å². The minimum Gasteiger partial charge on any atom is -0.494 e. The minimum atomic E-state index is 0.640. The summed E-state index contributed by atoms with van der Waals surface area (Å²) < 4.78 is 5.64. The van der Waals surface area contributed by atoms with Gasteiger partial charge < -0.3 is 10.5 Å². The molecule has 0 fully saturated rings. The van der Waals surface area contributed by atoms with Gasteiger partial charge in [0.1, 0.15) is 5.75 Å². The van der Waals surface area contributed by atoms with Crippen molar-refractivity contribution in [1.29, 1.82) is 0 Å². The van der Waals surface area contributed by atoms with Crippen LogP contribution in [-0.4, -0.2) is 16.6 Å². The van der Waals surface area contributed by atoms with Crippen molar-refractivity contribution >= 4 is 17.4 Å². The third-order valence-electron chi connectivity index (χ3n) is 3.35. The summed E-state index contributed by atoms with van der Waals surface area (Å²) in [6.45, 7) is 8.69. The van der Waals surface area contributed by atoms with Crippen LogP contribution in [-0.2, 0) is 5.75 Å². The van der Waals surface area contributed by atoms with Crippen molar-refractivity contribution in [2.75, 3.05) is 12.3 Å². The Morgan fingerprint density at radius 1 is 1.14 bits per heavy atom. The van der Waals surface area contributed by atoms with Gasteiger partial charge in [0.2, 0.25) is 0 Å². The van der Waals surface area contributed by atoms with Crippen LogP contribution in [0, 0.1) is 20.8 Å². The molecule has 0 saturated carbocycles. The third-order valence-corrected chi connectivity index (χ3v) is 4.25. The lowest BCUT2D eigenvalue weighted by Gasteiger charge is -2.11. The second-order valence-electron chi connectivity index (χ2n) is 4.89. The van der Waals surface area contributed by atoms with Gasteiger partial charge in [-0.1, -0.05) is 11.8 Å². The first kappa shape index (κ1) is 15.6. The van der Waals surface area contributed by atoms with E-state index in [1.807, 2.05) is 45.9 Å². The van der Waals surface area contributed by atoms with Gasteiger partial charge in [0.15, 0.2) is 5.16 Å². The molecule has 1 aromatic carbocycles. The molecule has 112 valence electrons. The average molecular weight is 303 g/mol. The van der Waals surface area contributed by atoms with Crippen LogP contribution in [0.25, 0.3) is 0 Å². The monoisotopic (exact) mass is 303 g/mol. The molecule has 0 aliphatic rings. The highest BCUT2D eigenvalue weighted by Gasteiger charge is 2.09. The van der Waals surface area contributed by atoms with Crippen molar-refractivity contribution in [2.24, 2.45) is 0 Å². The predicted octanol–water partition coefficient (Wildman–Crippen LogP) is 3.68. The number of ether oxygens (including phenoxy) is 1. The molecule has 5 heteroatoms. The topological polar surface area (TPSA) is 61.0 Å². The van der Waals surface area contributed by atoms with Crippen molar-refractivity contribution in [1.82, 2.24) is 9.97 Å². The number of nitrogens with two attached hydrogens (primary N) is 1. The lowest BCUT2D eigenvalue weighted by Crippen LogP contribution is -2.00. The number of hydrogen-bond donors (Lipinski definition) is 1. The molecule has 0 saturated heterocycles. The second-order valence-corrected chi connectivity index (χ2v) is 5.83. The molecule has 0 radical (unpaired) electrons. The highest BCUT2D eigenvalue weighted by molar-refractivity contribution is 7.98. The quantitative estimate of drug-likeness (QED) is 0.519. The van der Waals surface area contributed by atoms with Crippen LogP contribution in [0.4, 0.5) is 5.69 Å². The molecule has 0 unspecified atom stereocenters. The first-order valence-electron chi connectivity index (χ1n) is 6.97. The van der Waals surface area contributed by atoms with E-state index in [1.54, 1.807) is 11.8 Å². The maximum absolute atomic E-state index is 5.86. The second kappa shape index (κ2) is 6.80. The Kier molecular flexibility index (Phi) is 5.07. The number of rotatable bonds is 5. The normalized spacial score (nSPS) is 10.7. The van der Waals surface area contributed by atoms with E-state index in [9.17, 15) is 0 Å². The number of aryl methyl sites for hydroxylation is 2. The van der Waals surface area contributed by atoms with Crippen LogP contribution in [0.1, 0.15) is 29.4 Å². The van der Waals surface area contributed by atoms with Gasteiger partial charge in [-0.2, -0.15) is 0 Å². The largest absolute Gasteiger partial charge is 0.494 e. The zero-order valence-corrected chi connectivity index (χ0v) is 13.8. The summed E-state index contributed by atoms with van der Waals surface area (Å²) in [6, 6.07) is 5.73. The fourth-order valence-electron chi connectivity index (χ4n) is 1.96. The number of hydrogen-bond acceptors (Lipinski definition) is 5. The minimum absolute atomic E-state index is 0.640. The van der Waals surface area contributed by atoms with E-state index in [-0.39, 0.29) is 0 Å². The first-order valence-corrected chi connectivity index (χ1v) is 7.95. The smallest absolute Gasteiger partial charge is 0.188 e. The molecule has 2 N–H and O–H groups in total. The van der Waals surface area contributed by atoms with Gasteiger partial charge in [0.05, 0.1) is 6.61 Å². The van der Waals surface area contributed by atoms with Gasteiger partial charge in [-0.25, -0.2) is 9.97 Å². The summed E-state index contributed by atoms with van der Waals surface area (Å²) in [5.74, 6) is 1.61. The van der Waals surface area contributed by atoms with Crippen LogP contribution in [0.15, 0.2) is 23.4 Å². The molecule has 4 nitrogen and oxygen atoms in total. The molecule has 0 spiro atoms. The number of thioether (sulfide) groups is 1. The molecular formula is C16H21N3OS. The SMILES string of the molecule is CCOc1ccc(N)cc1CSc1nc(C)c(C)c(C)n1. The fraction of sp³-hybridized carbons (Fsp3) is 0.375. The number of aromatic nitrogens is 2. The number of nitrogens with zero attached hydrogens (tertiary/aromatic N) is 2. The van der Waals surface area contributed by atoms with Gasteiger partial charge in [0, 0.05) is 28.4 Å². The van der Waals surface area contributed by atoms with E-state index in [2.05, 4.69) is 9.97 Å². The van der Waals surface area contributed by atoms with Crippen LogP contribution in [0.2, 0.25) is 0 Å². The number of benzene rings is 1. The van der Waals surface area contributed by atoms with E-state index in [0.717, 1.165) is 44.9 Å². The van der Waals surface area contributed by atoms with E-state index in [0.29, 0.717) is 6.61 Å². The van der Waals surface area contributed by atoms with E-state index >= 15 is 0 Å². The zero-order chi connectivity index (χ0) is 15.4. The summed E-state index contributed by atoms with van der Waals surface area (Å²) in [6.07, 6.45) is 0. The maximum Gasteiger partial charge on any atom is 0.188 e. The van der Waals surface area contributed by atoms with E-state index in [4.69, 9.17) is 10.5 Å². The Bertz CT molecular complexity index is 620. The summed E-state index contributed by atoms with van der Waals surface area (Å²) in [7, 11) is 0. The standard InChI is InChI=1S/C16H21N3OS/c1-5-20-15-7-6-14(17)8-13(15)9-21-16-18-11(3)10(2)12(4)19-16/h6-8H,5,9,17H2,1-4H3. The van der Waals surface area contributed by atoms with Crippen LogP contribution >= 0.6 is 11.8 Å². The molecule has 1 aromatic heterocycles. The fourth-order valence-corrected chi connectivity index (χ4v) is 2.87. The molecule has 2 aromatic rings. The van der Waals surface area contributed by atoms with Crippen molar-refractivity contribution in [3.63, 3.8) is 0 Å².